The van der Waals surface area contributed by atoms with Crippen LogP contribution in [-0.2, 0) is 6.42 Å². The summed E-state index contributed by atoms with van der Waals surface area (Å²) in [5.74, 6) is 1.67. The number of rotatable bonds is 3. The molecule has 0 saturated heterocycles. The van der Waals surface area contributed by atoms with Gasteiger partial charge in [0.05, 0.1) is 7.11 Å². The second kappa shape index (κ2) is 6.12. The SMILES string of the molecule is CNCC1CCCc2cc(OC)ccc21.Cl. The number of methoxy groups -OCH3 is 1. The number of halogens is 1. The van der Waals surface area contributed by atoms with E-state index in [1.807, 2.05) is 7.05 Å². The van der Waals surface area contributed by atoms with Crippen LogP contribution in [0.5, 0.6) is 5.75 Å². The maximum absolute atomic E-state index is 5.26. The predicted octanol–water partition coefficient (Wildman–Crippen LogP) is 2.76. The Bertz CT molecular complexity index is 341. The van der Waals surface area contributed by atoms with Gasteiger partial charge in [0.1, 0.15) is 5.75 Å². The Morgan fingerprint density at radius 3 is 2.94 bits per heavy atom. The summed E-state index contributed by atoms with van der Waals surface area (Å²) in [6.07, 6.45) is 3.80. The number of hydrogen-bond acceptors (Lipinski definition) is 2. The van der Waals surface area contributed by atoms with E-state index in [4.69, 9.17) is 4.74 Å². The largest absolute Gasteiger partial charge is 0.497 e. The Hall–Kier alpha value is -0.730. The molecule has 1 unspecified atom stereocenters. The molecule has 0 aliphatic heterocycles. The van der Waals surface area contributed by atoms with E-state index in [1.54, 1.807) is 7.11 Å². The van der Waals surface area contributed by atoms with Crippen molar-refractivity contribution in [2.75, 3.05) is 20.7 Å². The molecule has 0 spiro atoms. The highest BCUT2D eigenvalue weighted by atomic mass is 35.5. The van der Waals surface area contributed by atoms with Crippen LogP contribution in [-0.4, -0.2) is 20.7 Å². The van der Waals surface area contributed by atoms with Gasteiger partial charge in [-0.05, 0) is 55.5 Å². The minimum atomic E-state index is 0. The summed E-state index contributed by atoms with van der Waals surface area (Å²) in [5, 5.41) is 3.28. The van der Waals surface area contributed by atoms with Crippen LogP contribution >= 0.6 is 12.4 Å². The lowest BCUT2D eigenvalue weighted by Crippen LogP contribution is -2.21. The van der Waals surface area contributed by atoms with Crippen molar-refractivity contribution in [2.24, 2.45) is 0 Å². The summed E-state index contributed by atoms with van der Waals surface area (Å²) in [6.45, 7) is 1.08. The van der Waals surface area contributed by atoms with E-state index in [0.717, 1.165) is 12.3 Å². The molecule has 0 heterocycles. The molecule has 1 aliphatic carbocycles. The lowest BCUT2D eigenvalue weighted by molar-refractivity contribution is 0.412. The molecule has 2 rings (SSSR count). The van der Waals surface area contributed by atoms with Gasteiger partial charge in [0.15, 0.2) is 0 Å². The van der Waals surface area contributed by atoms with Gasteiger partial charge in [0.25, 0.3) is 0 Å². The lowest BCUT2D eigenvalue weighted by atomic mass is 9.83. The summed E-state index contributed by atoms with van der Waals surface area (Å²) >= 11 is 0. The van der Waals surface area contributed by atoms with E-state index >= 15 is 0 Å². The Balaban J connectivity index is 0.00000128. The average Bonchev–Trinajstić information content (AvgIpc) is 2.29. The lowest BCUT2D eigenvalue weighted by Gasteiger charge is -2.25. The monoisotopic (exact) mass is 241 g/mol. The van der Waals surface area contributed by atoms with Gasteiger partial charge in [0, 0.05) is 6.54 Å². The van der Waals surface area contributed by atoms with Crippen molar-refractivity contribution in [2.45, 2.75) is 25.2 Å². The van der Waals surface area contributed by atoms with Gasteiger partial charge >= 0.3 is 0 Å². The second-order valence-corrected chi connectivity index (χ2v) is 4.21. The number of ether oxygens (including phenoxy) is 1. The molecule has 0 bridgehead atoms. The maximum atomic E-state index is 5.26. The summed E-state index contributed by atoms with van der Waals surface area (Å²) in [5.41, 5.74) is 2.98. The van der Waals surface area contributed by atoms with E-state index in [2.05, 4.69) is 23.5 Å². The van der Waals surface area contributed by atoms with E-state index in [-0.39, 0.29) is 12.4 Å². The zero-order chi connectivity index (χ0) is 10.7. The normalized spacial score (nSPS) is 18.5. The molecule has 0 fully saturated rings. The molecule has 1 aromatic carbocycles. The van der Waals surface area contributed by atoms with Crippen LogP contribution in [0.1, 0.15) is 29.9 Å². The number of benzene rings is 1. The fourth-order valence-electron chi connectivity index (χ4n) is 2.48. The average molecular weight is 242 g/mol. The van der Waals surface area contributed by atoms with E-state index in [9.17, 15) is 0 Å². The van der Waals surface area contributed by atoms with Gasteiger partial charge in [-0.25, -0.2) is 0 Å². The number of fused-ring (bicyclic) bond motifs is 1. The van der Waals surface area contributed by atoms with Crippen LogP contribution in [0, 0.1) is 0 Å². The summed E-state index contributed by atoms with van der Waals surface area (Å²) < 4.78 is 5.26. The molecule has 3 heteroatoms. The van der Waals surface area contributed by atoms with Crippen LogP contribution in [0.25, 0.3) is 0 Å². The molecule has 90 valence electrons. The Morgan fingerprint density at radius 1 is 1.44 bits per heavy atom. The topological polar surface area (TPSA) is 21.3 Å². The fourth-order valence-corrected chi connectivity index (χ4v) is 2.48. The fraction of sp³-hybridized carbons (Fsp3) is 0.538. The molecule has 0 aromatic heterocycles. The minimum Gasteiger partial charge on any atom is -0.497 e. The molecule has 1 aromatic rings. The molecule has 16 heavy (non-hydrogen) atoms. The first kappa shape index (κ1) is 13.3. The van der Waals surface area contributed by atoms with Crippen molar-refractivity contribution >= 4 is 12.4 Å². The molecule has 0 saturated carbocycles. The van der Waals surface area contributed by atoms with Crippen LogP contribution in [0.15, 0.2) is 18.2 Å². The first-order valence-corrected chi connectivity index (χ1v) is 5.66. The van der Waals surface area contributed by atoms with Gasteiger partial charge < -0.3 is 10.1 Å². The van der Waals surface area contributed by atoms with E-state index in [0.29, 0.717) is 5.92 Å². The maximum Gasteiger partial charge on any atom is 0.119 e. The van der Waals surface area contributed by atoms with Crippen molar-refractivity contribution in [3.05, 3.63) is 29.3 Å². The Labute approximate surface area is 104 Å². The minimum absolute atomic E-state index is 0. The summed E-state index contributed by atoms with van der Waals surface area (Å²) in [6, 6.07) is 6.50. The second-order valence-electron chi connectivity index (χ2n) is 4.21. The number of aryl methyl sites for hydroxylation is 1. The molecule has 1 N–H and O–H groups in total. The molecular weight excluding hydrogens is 222 g/mol. The predicted molar refractivity (Wildman–Crippen MR) is 69.8 cm³/mol. The zero-order valence-corrected chi connectivity index (χ0v) is 10.8. The summed E-state index contributed by atoms with van der Waals surface area (Å²) in [4.78, 5) is 0. The number of likely N-dealkylation sites (N-methyl/N-ethyl adjacent to an activating group) is 1. The molecular formula is C13H20ClNO. The van der Waals surface area contributed by atoms with Gasteiger partial charge in [-0.2, -0.15) is 0 Å². The van der Waals surface area contributed by atoms with Crippen molar-refractivity contribution in [3.8, 4) is 5.75 Å². The highest BCUT2D eigenvalue weighted by Gasteiger charge is 2.19. The van der Waals surface area contributed by atoms with E-state index < -0.39 is 0 Å². The first-order valence-electron chi connectivity index (χ1n) is 5.66. The van der Waals surface area contributed by atoms with Crippen LogP contribution in [0.2, 0.25) is 0 Å². The molecule has 2 nitrogen and oxygen atoms in total. The zero-order valence-electron chi connectivity index (χ0n) is 9.95. The third kappa shape index (κ3) is 2.69. The first-order chi connectivity index (χ1) is 7.35. The van der Waals surface area contributed by atoms with Crippen LogP contribution < -0.4 is 10.1 Å². The third-order valence-corrected chi connectivity index (χ3v) is 3.24. The Kier molecular flexibility index (Phi) is 5.10. The van der Waals surface area contributed by atoms with Gasteiger partial charge in [-0.1, -0.05) is 6.07 Å². The van der Waals surface area contributed by atoms with Gasteiger partial charge in [0.2, 0.25) is 0 Å². The van der Waals surface area contributed by atoms with Gasteiger partial charge in [-0.3, -0.25) is 0 Å². The Morgan fingerprint density at radius 2 is 2.25 bits per heavy atom. The number of hydrogen-bond donors (Lipinski definition) is 1. The van der Waals surface area contributed by atoms with Crippen LogP contribution in [0.4, 0.5) is 0 Å². The molecule has 1 atom stereocenters. The smallest absolute Gasteiger partial charge is 0.119 e. The van der Waals surface area contributed by atoms with Crippen molar-refractivity contribution in [1.29, 1.82) is 0 Å². The quantitative estimate of drug-likeness (QED) is 0.879. The highest BCUT2D eigenvalue weighted by molar-refractivity contribution is 5.85. The third-order valence-electron chi connectivity index (χ3n) is 3.24. The standard InChI is InChI=1S/C13H19NO.ClH/c1-14-9-11-5-3-4-10-8-12(15-2)6-7-13(10)11;/h6-8,11,14H,3-5,9H2,1-2H3;1H. The van der Waals surface area contributed by atoms with Crippen molar-refractivity contribution in [3.63, 3.8) is 0 Å². The molecule has 0 amide bonds. The van der Waals surface area contributed by atoms with Gasteiger partial charge in [-0.15, -0.1) is 12.4 Å². The molecule has 1 aliphatic rings. The summed E-state index contributed by atoms with van der Waals surface area (Å²) in [7, 11) is 3.76. The highest BCUT2D eigenvalue weighted by Crippen LogP contribution is 2.33. The van der Waals surface area contributed by atoms with E-state index in [1.165, 1.54) is 30.4 Å². The van der Waals surface area contributed by atoms with Crippen molar-refractivity contribution in [1.82, 2.24) is 5.32 Å². The van der Waals surface area contributed by atoms with Crippen LogP contribution in [0.3, 0.4) is 0 Å². The number of nitrogens with one attached hydrogen (secondary N) is 1. The van der Waals surface area contributed by atoms with Crippen molar-refractivity contribution < 1.29 is 4.74 Å². The molecule has 0 radical (unpaired) electrons.